The summed E-state index contributed by atoms with van der Waals surface area (Å²) in [5.41, 5.74) is 7.56. The van der Waals surface area contributed by atoms with E-state index in [0.29, 0.717) is 11.3 Å². The monoisotopic (exact) mass is 321 g/mol. The van der Waals surface area contributed by atoms with E-state index in [9.17, 15) is 4.79 Å². The van der Waals surface area contributed by atoms with Gasteiger partial charge < -0.3 is 16.0 Å². The van der Waals surface area contributed by atoms with Crippen molar-refractivity contribution in [1.29, 1.82) is 0 Å². The fourth-order valence-electron chi connectivity index (χ4n) is 1.97. The van der Waals surface area contributed by atoms with Crippen LogP contribution >= 0.6 is 23.2 Å². The average molecular weight is 322 g/mol. The van der Waals surface area contributed by atoms with Crippen molar-refractivity contribution in [1.82, 2.24) is 15.0 Å². The zero-order chi connectivity index (χ0) is 15.0. The van der Waals surface area contributed by atoms with Crippen molar-refractivity contribution < 1.29 is 4.79 Å². The summed E-state index contributed by atoms with van der Waals surface area (Å²) in [4.78, 5) is 22.9. The van der Waals surface area contributed by atoms with Gasteiger partial charge in [-0.05, 0) is 29.8 Å². The highest BCUT2D eigenvalue weighted by Gasteiger charge is 2.13. The summed E-state index contributed by atoms with van der Waals surface area (Å²) in [6, 6.07) is 6.67. The molecule has 0 bridgehead atoms. The van der Waals surface area contributed by atoms with Crippen molar-refractivity contribution in [3.05, 3.63) is 46.5 Å². The number of aromatic amines is 1. The molecule has 0 saturated carbocycles. The molecule has 0 aliphatic heterocycles. The molecule has 0 aliphatic carbocycles. The van der Waals surface area contributed by atoms with Crippen LogP contribution < -0.4 is 11.1 Å². The number of hydrogen-bond donors (Lipinski definition) is 3. The number of halogens is 2. The number of nitrogens with two attached hydrogens (primary N) is 1. The van der Waals surface area contributed by atoms with Gasteiger partial charge in [0.1, 0.15) is 11.0 Å². The molecule has 2 aromatic heterocycles. The summed E-state index contributed by atoms with van der Waals surface area (Å²) < 4.78 is 0. The van der Waals surface area contributed by atoms with Crippen molar-refractivity contribution in [2.24, 2.45) is 0 Å². The van der Waals surface area contributed by atoms with Crippen LogP contribution in [0.1, 0.15) is 10.4 Å². The highest BCUT2D eigenvalue weighted by Crippen LogP contribution is 2.22. The lowest BCUT2D eigenvalue weighted by Gasteiger charge is -2.04. The smallest absolute Gasteiger partial charge is 0.258 e. The minimum atomic E-state index is -0.336. The molecule has 0 radical (unpaired) electrons. The molecule has 21 heavy (non-hydrogen) atoms. The molecule has 0 atom stereocenters. The standard InChI is InChI=1S/C13H9Cl2N5O/c14-10-4-11(20-13(15)18-10)19-12(21)8-5-17-9-3-6(16)1-2-7(8)9/h1-5,17H,16H2,(H,18,19,20,21). The molecule has 1 amide bonds. The van der Waals surface area contributed by atoms with Gasteiger partial charge in [-0.1, -0.05) is 11.6 Å². The number of nitrogen functional groups attached to an aromatic ring is 1. The number of rotatable bonds is 2. The minimum absolute atomic E-state index is 0.0375. The molecule has 0 unspecified atom stereocenters. The van der Waals surface area contributed by atoms with Crippen LogP contribution in [0.4, 0.5) is 11.5 Å². The van der Waals surface area contributed by atoms with Gasteiger partial charge in [-0.2, -0.15) is 0 Å². The normalized spacial score (nSPS) is 10.8. The molecule has 3 rings (SSSR count). The number of fused-ring (bicyclic) bond motifs is 1. The molecule has 0 fully saturated rings. The minimum Gasteiger partial charge on any atom is -0.399 e. The molecule has 0 spiro atoms. The molecule has 8 heteroatoms. The van der Waals surface area contributed by atoms with E-state index in [1.807, 2.05) is 0 Å². The van der Waals surface area contributed by atoms with Gasteiger partial charge in [0.2, 0.25) is 5.28 Å². The lowest BCUT2D eigenvalue weighted by molar-refractivity contribution is 0.102. The second kappa shape index (κ2) is 5.23. The van der Waals surface area contributed by atoms with E-state index in [1.54, 1.807) is 24.4 Å². The van der Waals surface area contributed by atoms with Crippen molar-refractivity contribution >= 4 is 51.5 Å². The topological polar surface area (TPSA) is 96.7 Å². The molecule has 1 aromatic carbocycles. The largest absolute Gasteiger partial charge is 0.399 e. The fourth-order valence-corrected chi connectivity index (χ4v) is 2.38. The van der Waals surface area contributed by atoms with Crippen molar-refractivity contribution in [3.63, 3.8) is 0 Å². The number of H-pyrrole nitrogens is 1. The third-order valence-corrected chi connectivity index (χ3v) is 3.22. The number of benzene rings is 1. The summed E-state index contributed by atoms with van der Waals surface area (Å²) in [6.45, 7) is 0. The SMILES string of the molecule is Nc1ccc2c(C(=O)Nc3cc(Cl)nc(Cl)n3)c[nH]c2c1. The van der Waals surface area contributed by atoms with Gasteiger partial charge in [0.15, 0.2) is 0 Å². The second-order valence-electron chi connectivity index (χ2n) is 4.31. The first kappa shape index (κ1) is 13.7. The van der Waals surface area contributed by atoms with Crippen LogP contribution in [0, 0.1) is 0 Å². The van der Waals surface area contributed by atoms with Crippen LogP contribution in [0.2, 0.25) is 10.4 Å². The van der Waals surface area contributed by atoms with E-state index in [4.69, 9.17) is 28.9 Å². The maximum Gasteiger partial charge on any atom is 0.258 e. The van der Waals surface area contributed by atoms with E-state index in [2.05, 4.69) is 20.3 Å². The molecular formula is C13H9Cl2N5O. The summed E-state index contributed by atoms with van der Waals surface area (Å²) in [7, 11) is 0. The molecule has 6 nitrogen and oxygen atoms in total. The first-order valence-electron chi connectivity index (χ1n) is 5.91. The summed E-state index contributed by atoms with van der Waals surface area (Å²) in [6.07, 6.45) is 1.60. The van der Waals surface area contributed by atoms with Gasteiger partial charge in [0, 0.05) is 28.9 Å². The van der Waals surface area contributed by atoms with E-state index in [-0.39, 0.29) is 22.2 Å². The lowest BCUT2D eigenvalue weighted by atomic mass is 10.1. The Kier molecular flexibility index (Phi) is 3.40. The molecular weight excluding hydrogens is 313 g/mol. The van der Waals surface area contributed by atoms with Crippen LogP contribution in [-0.4, -0.2) is 20.9 Å². The quantitative estimate of drug-likeness (QED) is 0.384. The van der Waals surface area contributed by atoms with E-state index in [1.165, 1.54) is 6.07 Å². The zero-order valence-electron chi connectivity index (χ0n) is 10.5. The maximum absolute atomic E-state index is 12.3. The Bertz CT molecular complexity index is 825. The van der Waals surface area contributed by atoms with E-state index >= 15 is 0 Å². The van der Waals surface area contributed by atoms with Crippen molar-refractivity contribution in [2.45, 2.75) is 0 Å². The Morgan fingerprint density at radius 1 is 1.24 bits per heavy atom. The zero-order valence-corrected chi connectivity index (χ0v) is 12.0. The van der Waals surface area contributed by atoms with Crippen molar-refractivity contribution in [3.8, 4) is 0 Å². The van der Waals surface area contributed by atoms with Gasteiger partial charge in [0.25, 0.3) is 5.91 Å². The number of hydrogen-bond acceptors (Lipinski definition) is 4. The third-order valence-electron chi connectivity index (χ3n) is 2.86. The van der Waals surface area contributed by atoms with E-state index in [0.717, 1.165) is 10.9 Å². The van der Waals surface area contributed by atoms with Crippen LogP contribution in [0.3, 0.4) is 0 Å². The maximum atomic E-state index is 12.3. The van der Waals surface area contributed by atoms with Gasteiger partial charge >= 0.3 is 0 Å². The highest BCUT2D eigenvalue weighted by molar-refractivity contribution is 6.32. The number of anilines is 2. The lowest BCUT2D eigenvalue weighted by Crippen LogP contribution is -2.12. The van der Waals surface area contributed by atoms with Crippen molar-refractivity contribution in [2.75, 3.05) is 11.1 Å². The fraction of sp³-hybridized carbons (Fsp3) is 0. The van der Waals surface area contributed by atoms with Gasteiger partial charge in [-0.15, -0.1) is 0 Å². The summed E-state index contributed by atoms with van der Waals surface area (Å²) in [5, 5.41) is 3.49. The van der Waals surface area contributed by atoms with Gasteiger partial charge in [-0.25, -0.2) is 9.97 Å². The van der Waals surface area contributed by atoms with E-state index < -0.39 is 0 Å². The Morgan fingerprint density at radius 2 is 2.05 bits per heavy atom. The third kappa shape index (κ3) is 2.76. The number of nitrogens with one attached hydrogen (secondary N) is 2. The Hall–Kier alpha value is -2.31. The Morgan fingerprint density at radius 3 is 2.81 bits per heavy atom. The second-order valence-corrected chi connectivity index (χ2v) is 5.03. The Labute approximate surface area is 129 Å². The molecule has 0 aliphatic rings. The number of amides is 1. The number of carbonyl (C=O) groups excluding carboxylic acids is 1. The average Bonchev–Trinajstić information content (AvgIpc) is 2.80. The first-order chi connectivity index (χ1) is 10.0. The van der Waals surface area contributed by atoms with Gasteiger partial charge in [0.05, 0.1) is 5.56 Å². The molecule has 106 valence electrons. The summed E-state index contributed by atoms with van der Waals surface area (Å²) in [5.74, 6) is -0.105. The van der Waals surface area contributed by atoms with Crippen LogP contribution in [0.15, 0.2) is 30.5 Å². The number of carbonyl (C=O) groups is 1. The summed E-state index contributed by atoms with van der Waals surface area (Å²) >= 11 is 11.5. The predicted molar refractivity (Wildman–Crippen MR) is 82.7 cm³/mol. The van der Waals surface area contributed by atoms with Crippen LogP contribution in [0.5, 0.6) is 0 Å². The Balaban J connectivity index is 1.93. The number of nitrogens with zero attached hydrogens (tertiary/aromatic N) is 2. The first-order valence-corrected chi connectivity index (χ1v) is 6.66. The molecule has 4 N–H and O–H groups in total. The van der Waals surface area contributed by atoms with Gasteiger partial charge in [-0.3, -0.25) is 4.79 Å². The van der Waals surface area contributed by atoms with Crippen LogP contribution in [0.25, 0.3) is 10.9 Å². The molecule has 0 saturated heterocycles. The van der Waals surface area contributed by atoms with Crippen LogP contribution in [-0.2, 0) is 0 Å². The number of aromatic nitrogens is 3. The highest BCUT2D eigenvalue weighted by atomic mass is 35.5. The molecule has 3 aromatic rings. The molecule has 2 heterocycles. The predicted octanol–water partition coefficient (Wildman–Crippen LogP) is 3.10.